The second-order valence-corrected chi connectivity index (χ2v) is 11.8. The summed E-state index contributed by atoms with van der Waals surface area (Å²) in [6, 6.07) is 40.1. The van der Waals surface area contributed by atoms with Gasteiger partial charge in [-0.2, -0.15) is 0 Å². The van der Waals surface area contributed by atoms with Crippen molar-refractivity contribution >= 4 is 44.9 Å². The zero-order valence-electron chi connectivity index (χ0n) is 24.9. The number of pyridine rings is 5. The molecular formula is C41H27N5. The first-order chi connectivity index (χ1) is 22.7. The van der Waals surface area contributed by atoms with E-state index in [-0.39, 0.29) is 5.92 Å². The van der Waals surface area contributed by atoms with Crippen LogP contribution in [0.3, 0.4) is 0 Å². The maximum absolute atomic E-state index is 5.06. The van der Waals surface area contributed by atoms with E-state index in [2.05, 4.69) is 119 Å². The van der Waals surface area contributed by atoms with Crippen LogP contribution in [0.5, 0.6) is 0 Å². The molecule has 0 spiro atoms. The number of rotatable bonds is 4. The third-order valence-corrected chi connectivity index (χ3v) is 8.91. The number of benzene rings is 3. The van der Waals surface area contributed by atoms with Crippen LogP contribution in [0.2, 0.25) is 0 Å². The van der Waals surface area contributed by atoms with Crippen molar-refractivity contribution in [1.82, 2.24) is 24.9 Å². The smallest absolute Gasteiger partial charge is 0.0972 e. The Morgan fingerprint density at radius 1 is 0.543 bits per heavy atom. The normalized spacial score (nSPS) is 14.1. The van der Waals surface area contributed by atoms with Crippen LogP contribution in [-0.4, -0.2) is 24.9 Å². The highest BCUT2D eigenvalue weighted by Gasteiger charge is 2.14. The fourth-order valence-corrected chi connectivity index (χ4v) is 6.44. The molecule has 0 N–H and O–H groups in total. The summed E-state index contributed by atoms with van der Waals surface area (Å²) in [5.74, 6) is 0.273. The minimum atomic E-state index is 0.273. The zero-order valence-corrected chi connectivity index (χ0v) is 24.9. The van der Waals surface area contributed by atoms with Gasteiger partial charge in [0.15, 0.2) is 0 Å². The molecule has 216 valence electrons. The van der Waals surface area contributed by atoms with Gasteiger partial charge in [0.1, 0.15) is 0 Å². The zero-order chi connectivity index (χ0) is 30.5. The molecule has 1 aliphatic carbocycles. The largest absolute Gasteiger partial charge is 0.264 e. The molecule has 0 aliphatic heterocycles. The van der Waals surface area contributed by atoms with Gasteiger partial charge in [0.05, 0.1) is 39.0 Å². The summed E-state index contributed by atoms with van der Waals surface area (Å²) in [5.41, 5.74) is 10.1. The summed E-state index contributed by atoms with van der Waals surface area (Å²) in [6.45, 7) is 0. The van der Waals surface area contributed by atoms with Crippen molar-refractivity contribution in [2.45, 2.75) is 12.3 Å². The second-order valence-electron chi connectivity index (χ2n) is 11.8. The van der Waals surface area contributed by atoms with Gasteiger partial charge in [-0.1, -0.05) is 84.9 Å². The van der Waals surface area contributed by atoms with Crippen LogP contribution in [0.15, 0.2) is 134 Å². The summed E-state index contributed by atoms with van der Waals surface area (Å²) < 4.78 is 0. The molecule has 0 fully saturated rings. The molecule has 5 heterocycles. The lowest BCUT2D eigenvalue weighted by Crippen LogP contribution is -2.31. The van der Waals surface area contributed by atoms with Crippen LogP contribution in [0.25, 0.3) is 78.6 Å². The van der Waals surface area contributed by atoms with Gasteiger partial charge in [-0.15, -0.1) is 0 Å². The Morgan fingerprint density at radius 3 is 2.07 bits per heavy atom. The lowest BCUT2D eigenvalue weighted by Gasteiger charge is -2.15. The third-order valence-electron chi connectivity index (χ3n) is 8.91. The molecule has 0 saturated carbocycles. The predicted molar refractivity (Wildman–Crippen MR) is 186 cm³/mol. The fraction of sp³-hybridized carbons (Fsp3) is 0.0488. The molecule has 1 aliphatic rings. The number of hydrogen-bond donors (Lipinski definition) is 0. The Kier molecular flexibility index (Phi) is 6.20. The van der Waals surface area contributed by atoms with Crippen molar-refractivity contribution in [2.75, 3.05) is 0 Å². The van der Waals surface area contributed by atoms with E-state index in [1.54, 1.807) is 6.20 Å². The standard InChI is InChI=1S/C41H27N5/c1-4-34(25-42-21-1)38-17-13-28-9-12-32(24-39(28)45-38)31-15-19-37-33(23-31)16-20-35(44-37)26-5-7-27(8-6-26)36-18-14-30-11-10-29-3-2-22-43-40(29)41(30)46-36/h1-14,16-25,31H,15H2. The monoisotopic (exact) mass is 589 g/mol. The van der Waals surface area contributed by atoms with Crippen molar-refractivity contribution in [3.8, 4) is 33.8 Å². The molecule has 5 nitrogen and oxygen atoms in total. The number of nitrogens with zero attached hydrogens (tertiary/aromatic N) is 5. The molecule has 5 aromatic heterocycles. The van der Waals surface area contributed by atoms with E-state index in [1.165, 1.54) is 5.56 Å². The highest BCUT2D eigenvalue weighted by Crippen LogP contribution is 2.29. The molecule has 46 heavy (non-hydrogen) atoms. The topological polar surface area (TPSA) is 64.5 Å². The van der Waals surface area contributed by atoms with Crippen LogP contribution in [0.1, 0.15) is 17.9 Å². The molecular weight excluding hydrogens is 562 g/mol. The number of hydrogen-bond acceptors (Lipinski definition) is 5. The minimum Gasteiger partial charge on any atom is -0.264 e. The highest BCUT2D eigenvalue weighted by atomic mass is 14.8. The Bertz CT molecular complexity index is 2560. The Morgan fingerprint density at radius 2 is 1.24 bits per heavy atom. The average Bonchev–Trinajstić information content (AvgIpc) is 3.14. The van der Waals surface area contributed by atoms with E-state index < -0.39 is 0 Å². The van der Waals surface area contributed by atoms with Crippen molar-refractivity contribution in [3.63, 3.8) is 0 Å². The van der Waals surface area contributed by atoms with Crippen LogP contribution in [-0.2, 0) is 0 Å². The minimum absolute atomic E-state index is 0.273. The SMILES string of the molecule is C1=c2ccc(-c3ccc(-c4ccc5ccc6cccnc6c5n4)cc3)nc2=CCC1c1ccc2ccc(-c3cccnc3)nc2c1. The van der Waals surface area contributed by atoms with Crippen molar-refractivity contribution < 1.29 is 0 Å². The van der Waals surface area contributed by atoms with Gasteiger partial charge in [0, 0.05) is 57.4 Å². The van der Waals surface area contributed by atoms with Crippen molar-refractivity contribution in [3.05, 3.63) is 150 Å². The molecule has 5 heteroatoms. The van der Waals surface area contributed by atoms with Gasteiger partial charge in [0.25, 0.3) is 0 Å². The van der Waals surface area contributed by atoms with E-state index >= 15 is 0 Å². The Balaban J connectivity index is 0.994. The van der Waals surface area contributed by atoms with E-state index in [0.29, 0.717) is 0 Å². The quantitative estimate of drug-likeness (QED) is 0.196. The molecule has 0 bridgehead atoms. The first-order valence-electron chi connectivity index (χ1n) is 15.5. The van der Waals surface area contributed by atoms with Gasteiger partial charge in [-0.25, -0.2) is 15.0 Å². The predicted octanol–water partition coefficient (Wildman–Crippen LogP) is 7.87. The van der Waals surface area contributed by atoms with E-state index in [4.69, 9.17) is 15.0 Å². The maximum Gasteiger partial charge on any atom is 0.0972 e. The van der Waals surface area contributed by atoms with Crippen molar-refractivity contribution in [1.29, 1.82) is 0 Å². The summed E-state index contributed by atoms with van der Waals surface area (Å²) in [4.78, 5) is 23.9. The highest BCUT2D eigenvalue weighted by molar-refractivity contribution is 6.03. The van der Waals surface area contributed by atoms with E-state index in [1.807, 2.05) is 30.6 Å². The van der Waals surface area contributed by atoms with Crippen LogP contribution in [0, 0.1) is 0 Å². The maximum atomic E-state index is 5.06. The van der Waals surface area contributed by atoms with Gasteiger partial charge < -0.3 is 0 Å². The van der Waals surface area contributed by atoms with Crippen LogP contribution < -0.4 is 10.6 Å². The van der Waals surface area contributed by atoms with Gasteiger partial charge >= 0.3 is 0 Å². The van der Waals surface area contributed by atoms with Crippen molar-refractivity contribution in [2.24, 2.45) is 0 Å². The first kappa shape index (κ1) is 26.3. The summed E-state index contributed by atoms with van der Waals surface area (Å²) in [5, 5.41) is 5.52. The molecule has 9 rings (SSSR count). The Labute approximate surface area is 265 Å². The van der Waals surface area contributed by atoms with Gasteiger partial charge in [0.2, 0.25) is 0 Å². The lowest BCUT2D eigenvalue weighted by molar-refractivity contribution is 0.913. The molecule has 8 aromatic rings. The summed E-state index contributed by atoms with van der Waals surface area (Å²) >= 11 is 0. The fourth-order valence-electron chi connectivity index (χ4n) is 6.44. The first-order valence-corrected chi connectivity index (χ1v) is 15.5. The molecule has 1 unspecified atom stereocenters. The molecule has 0 radical (unpaired) electrons. The summed E-state index contributed by atoms with van der Waals surface area (Å²) in [7, 11) is 0. The Hall–Kier alpha value is -6.07. The molecule has 0 saturated heterocycles. The van der Waals surface area contributed by atoms with Gasteiger partial charge in [-0.05, 0) is 59.7 Å². The third kappa shape index (κ3) is 4.70. The number of aromatic nitrogens is 5. The lowest BCUT2D eigenvalue weighted by atomic mass is 9.90. The molecule has 0 amide bonds. The molecule has 1 atom stereocenters. The van der Waals surface area contributed by atoms with E-state index in [0.717, 1.165) is 83.5 Å². The van der Waals surface area contributed by atoms with Crippen LogP contribution >= 0.6 is 0 Å². The number of fused-ring (bicyclic) bond motifs is 5. The van der Waals surface area contributed by atoms with Crippen LogP contribution in [0.4, 0.5) is 0 Å². The molecule has 3 aromatic carbocycles. The summed E-state index contributed by atoms with van der Waals surface area (Å²) in [6.07, 6.45) is 11.0. The van der Waals surface area contributed by atoms with E-state index in [9.17, 15) is 0 Å². The van der Waals surface area contributed by atoms with Gasteiger partial charge in [-0.3, -0.25) is 9.97 Å². The second kappa shape index (κ2) is 10.8. The average molecular weight is 590 g/mol.